The van der Waals surface area contributed by atoms with Gasteiger partial charge < -0.3 is 4.74 Å². The molecule has 2 atom stereocenters. The maximum atomic E-state index is 16.2. The van der Waals surface area contributed by atoms with Gasteiger partial charge in [0.15, 0.2) is 5.82 Å². The Morgan fingerprint density at radius 3 is 2.81 bits per heavy atom. The first-order valence-electron chi connectivity index (χ1n) is 12.8. The molecule has 7 heteroatoms. The van der Waals surface area contributed by atoms with E-state index in [9.17, 15) is 4.39 Å². The Hall–Kier alpha value is -3.63. The largest absolute Gasteiger partial charge is 0.461 e. The van der Waals surface area contributed by atoms with E-state index in [1.165, 1.54) is 0 Å². The van der Waals surface area contributed by atoms with E-state index < -0.39 is 12.0 Å². The highest BCUT2D eigenvalue weighted by atomic mass is 19.1. The molecule has 2 aliphatic rings. The fraction of sp³-hybridized carbons (Fsp3) is 0.367. The topological polar surface area (TPSA) is 51.1 Å². The molecule has 2 aliphatic heterocycles. The molecule has 2 unspecified atom stereocenters. The quantitative estimate of drug-likeness (QED) is 0.314. The molecule has 2 fully saturated rings. The number of rotatable bonds is 5. The maximum absolute atomic E-state index is 16.2. The normalized spacial score (nSPS) is 21.6. The number of alkyl halides is 1. The van der Waals surface area contributed by atoms with Crippen LogP contribution in [-0.2, 0) is 0 Å². The third-order valence-corrected chi connectivity index (χ3v) is 7.79. The fourth-order valence-electron chi connectivity index (χ4n) is 6.06. The predicted octanol–water partition coefficient (Wildman–Crippen LogP) is 6.04. The summed E-state index contributed by atoms with van der Waals surface area (Å²) in [4.78, 5) is 15.8. The first kappa shape index (κ1) is 23.7. The van der Waals surface area contributed by atoms with Crippen LogP contribution < -0.4 is 4.74 Å². The lowest BCUT2D eigenvalue weighted by Gasteiger charge is -2.30. The summed E-state index contributed by atoms with van der Waals surface area (Å²) in [5.74, 6) is 2.16. The molecule has 4 aromatic rings. The summed E-state index contributed by atoms with van der Waals surface area (Å²) < 4.78 is 36.6. The number of terminal acetylenes is 1. The zero-order chi connectivity index (χ0) is 25.7. The summed E-state index contributed by atoms with van der Waals surface area (Å²) in [5.41, 5.74) is 1.94. The van der Waals surface area contributed by atoms with Crippen LogP contribution in [0, 0.1) is 18.2 Å². The third-order valence-electron chi connectivity index (χ3n) is 7.79. The van der Waals surface area contributed by atoms with Gasteiger partial charge in [-0.15, -0.1) is 6.42 Å². The SMILES string of the molecule is C#Cc1cccc2cccc(-c3ncc4c(C(C)C)nc(OCC56CCCN5CC(F)C6)nc4c3F)c12. The summed E-state index contributed by atoms with van der Waals surface area (Å²) >= 11 is 0. The molecule has 2 aromatic heterocycles. The van der Waals surface area contributed by atoms with Gasteiger partial charge in [-0.1, -0.05) is 50.1 Å². The van der Waals surface area contributed by atoms with Crippen LogP contribution in [0.3, 0.4) is 0 Å². The van der Waals surface area contributed by atoms with E-state index in [0.29, 0.717) is 35.2 Å². The highest BCUT2D eigenvalue weighted by molar-refractivity contribution is 6.01. The molecule has 37 heavy (non-hydrogen) atoms. The first-order chi connectivity index (χ1) is 17.9. The molecular formula is C30H28F2N4O. The van der Waals surface area contributed by atoms with Gasteiger partial charge in [0.1, 0.15) is 24.0 Å². The van der Waals surface area contributed by atoms with Crippen molar-refractivity contribution in [3.63, 3.8) is 0 Å². The van der Waals surface area contributed by atoms with Crippen molar-refractivity contribution >= 4 is 21.7 Å². The van der Waals surface area contributed by atoms with Crippen molar-refractivity contribution in [3.8, 4) is 29.6 Å². The van der Waals surface area contributed by atoms with Crippen LogP contribution in [-0.4, -0.2) is 51.3 Å². The van der Waals surface area contributed by atoms with Crippen LogP contribution in [0.5, 0.6) is 6.01 Å². The van der Waals surface area contributed by atoms with Crippen molar-refractivity contribution in [3.05, 3.63) is 59.7 Å². The molecule has 2 saturated heterocycles. The van der Waals surface area contributed by atoms with Gasteiger partial charge in [0.25, 0.3) is 0 Å². The number of hydrogen-bond acceptors (Lipinski definition) is 5. The molecule has 0 saturated carbocycles. The van der Waals surface area contributed by atoms with E-state index in [1.807, 2.05) is 50.2 Å². The van der Waals surface area contributed by atoms with Crippen molar-refractivity contribution in [1.82, 2.24) is 19.9 Å². The minimum Gasteiger partial charge on any atom is -0.461 e. The summed E-state index contributed by atoms with van der Waals surface area (Å²) in [6.45, 7) is 5.57. The number of fused-ring (bicyclic) bond motifs is 3. The second-order valence-electron chi connectivity index (χ2n) is 10.4. The number of nitrogens with zero attached hydrogens (tertiary/aromatic N) is 4. The van der Waals surface area contributed by atoms with Gasteiger partial charge in [-0.2, -0.15) is 9.97 Å². The summed E-state index contributed by atoms with van der Waals surface area (Å²) in [6.07, 6.45) is 8.87. The van der Waals surface area contributed by atoms with Gasteiger partial charge in [0.2, 0.25) is 0 Å². The highest BCUT2D eigenvalue weighted by Crippen LogP contribution is 2.41. The van der Waals surface area contributed by atoms with E-state index >= 15 is 4.39 Å². The van der Waals surface area contributed by atoms with Crippen molar-refractivity contribution < 1.29 is 13.5 Å². The van der Waals surface area contributed by atoms with Crippen LogP contribution in [0.2, 0.25) is 0 Å². The molecular weight excluding hydrogens is 470 g/mol. The van der Waals surface area contributed by atoms with Gasteiger partial charge in [-0.3, -0.25) is 9.88 Å². The predicted molar refractivity (Wildman–Crippen MR) is 141 cm³/mol. The zero-order valence-corrected chi connectivity index (χ0v) is 21.0. The molecule has 0 radical (unpaired) electrons. The van der Waals surface area contributed by atoms with Crippen LogP contribution in [0.15, 0.2) is 42.6 Å². The molecule has 0 amide bonds. The van der Waals surface area contributed by atoms with Gasteiger partial charge in [0, 0.05) is 41.1 Å². The number of benzene rings is 2. The van der Waals surface area contributed by atoms with Crippen LogP contribution in [0.1, 0.15) is 50.3 Å². The van der Waals surface area contributed by atoms with Crippen molar-refractivity contribution in [2.45, 2.75) is 50.7 Å². The minimum atomic E-state index is -0.854. The number of hydrogen-bond donors (Lipinski definition) is 0. The van der Waals surface area contributed by atoms with E-state index in [1.54, 1.807) is 6.20 Å². The van der Waals surface area contributed by atoms with Crippen molar-refractivity contribution in [1.29, 1.82) is 0 Å². The molecule has 0 aliphatic carbocycles. The third kappa shape index (κ3) is 3.91. The van der Waals surface area contributed by atoms with E-state index in [2.05, 4.69) is 25.8 Å². The first-order valence-corrected chi connectivity index (χ1v) is 12.8. The Morgan fingerprint density at radius 1 is 1.22 bits per heavy atom. The monoisotopic (exact) mass is 498 g/mol. The van der Waals surface area contributed by atoms with E-state index in [4.69, 9.17) is 11.2 Å². The molecule has 5 nitrogen and oxygen atoms in total. The van der Waals surface area contributed by atoms with Crippen molar-refractivity contribution in [2.24, 2.45) is 0 Å². The summed E-state index contributed by atoms with van der Waals surface area (Å²) in [6, 6.07) is 11.4. The smallest absolute Gasteiger partial charge is 0.317 e. The Balaban J connectivity index is 1.46. The second-order valence-corrected chi connectivity index (χ2v) is 10.4. The van der Waals surface area contributed by atoms with Gasteiger partial charge in [0.05, 0.1) is 11.2 Å². The Labute approximate surface area is 214 Å². The van der Waals surface area contributed by atoms with Crippen LogP contribution in [0.25, 0.3) is 32.9 Å². The Kier molecular flexibility index (Phi) is 5.80. The Morgan fingerprint density at radius 2 is 2.03 bits per heavy atom. The second kappa shape index (κ2) is 9.04. The molecule has 4 heterocycles. The molecule has 6 rings (SSSR count). The summed E-state index contributed by atoms with van der Waals surface area (Å²) in [5, 5.41) is 2.23. The average molecular weight is 499 g/mol. The fourth-order valence-corrected chi connectivity index (χ4v) is 6.06. The molecule has 2 aromatic carbocycles. The van der Waals surface area contributed by atoms with Gasteiger partial charge in [-0.25, -0.2) is 8.78 Å². The van der Waals surface area contributed by atoms with Crippen LogP contribution >= 0.6 is 0 Å². The standard InChI is InChI=1S/C30H28F2N4O/c1-4-19-8-5-9-20-10-6-11-22(24(19)20)27-25(32)28-23(15-33-27)26(18(2)3)34-29(35-28)37-17-30-12-7-13-36(30)16-21(31)14-30/h1,5-6,8-11,15,18,21H,7,12-14,16-17H2,2-3H3. The number of aromatic nitrogens is 3. The van der Waals surface area contributed by atoms with E-state index in [-0.39, 0.29) is 35.3 Å². The summed E-state index contributed by atoms with van der Waals surface area (Å²) in [7, 11) is 0. The lowest BCUT2D eigenvalue weighted by molar-refractivity contribution is 0.107. The lowest BCUT2D eigenvalue weighted by atomic mass is 9.95. The van der Waals surface area contributed by atoms with Gasteiger partial charge >= 0.3 is 6.01 Å². The van der Waals surface area contributed by atoms with Gasteiger partial charge in [-0.05, 0) is 36.8 Å². The molecule has 0 bridgehead atoms. The zero-order valence-electron chi connectivity index (χ0n) is 21.0. The minimum absolute atomic E-state index is 0.00616. The highest BCUT2D eigenvalue weighted by Gasteiger charge is 2.49. The van der Waals surface area contributed by atoms with Crippen LogP contribution in [0.4, 0.5) is 8.78 Å². The number of pyridine rings is 1. The van der Waals surface area contributed by atoms with Crippen molar-refractivity contribution in [2.75, 3.05) is 19.7 Å². The average Bonchev–Trinajstić information content (AvgIpc) is 3.42. The number of halogens is 2. The lowest BCUT2D eigenvalue weighted by Crippen LogP contribution is -2.43. The Bertz CT molecular complexity index is 1560. The molecule has 188 valence electrons. The molecule has 0 spiro atoms. The number of ether oxygens (including phenoxy) is 1. The maximum Gasteiger partial charge on any atom is 0.317 e. The van der Waals surface area contributed by atoms with E-state index in [0.717, 1.165) is 30.2 Å². The molecule has 0 N–H and O–H groups in total.